The first-order chi connectivity index (χ1) is 20.5. The van der Waals surface area contributed by atoms with Crippen molar-refractivity contribution >= 4 is 29.8 Å². The van der Waals surface area contributed by atoms with Crippen molar-refractivity contribution < 1.29 is 53.1 Å². The number of carbonyl (C=O) groups excluding carboxylic acids is 3. The van der Waals surface area contributed by atoms with Crippen LogP contribution in [0.5, 0.6) is 23.0 Å². The van der Waals surface area contributed by atoms with E-state index in [0.29, 0.717) is 22.3 Å². The molecule has 0 bridgehead atoms. The number of carboxylic acids is 2. The number of nitrogens with zero attached hydrogens (tertiary/aromatic N) is 2. The zero-order chi connectivity index (χ0) is 30.9. The predicted octanol–water partition coefficient (Wildman–Crippen LogP) is 2.10. The Labute approximate surface area is 244 Å². The SMILES string of the molecule is CN(CC(=O)O)CC(=O)Oc1ccc2c(c1)Oc1cc(OC(=O)CN(C)CC(=O)O)ccc1C21OC(=O)c2ccccc21. The number of aliphatic carboxylic acids is 2. The summed E-state index contributed by atoms with van der Waals surface area (Å²) < 4.78 is 23.1. The second-order valence-corrected chi connectivity index (χ2v) is 10.1. The molecule has 2 aliphatic rings. The maximum Gasteiger partial charge on any atom is 0.340 e. The Hall–Kier alpha value is -5.27. The molecule has 2 aliphatic heterocycles. The Morgan fingerprint density at radius 1 is 0.721 bits per heavy atom. The van der Waals surface area contributed by atoms with Crippen LogP contribution < -0.4 is 14.2 Å². The molecule has 0 saturated carbocycles. The van der Waals surface area contributed by atoms with E-state index in [0.717, 1.165) is 0 Å². The highest BCUT2D eigenvalue weighted by molar-refractivity contribution is 5.97. The lowest BCUT2D eigenvalue weighted by Gasteiger charge is -2.36. The van der Waals surface area contributed by atoms with E-state index in [1.165, 1.54) is 48.2 Å². The lowest BCUT2D eigenvalue weighted by atomic mass is 9.77. The minimum absolute atomic E-state index is 0.104. The summed E-state index contributed by atoms with van der Waals surface area (Å²) in [4.78, 5) is 62.4. The first-order valence-corrected chi connectivity index (χ1v) is 13.0. The van der Waals surface area contributed by atoms with Gasteiger partial charge in [0.15, 0.2) is 5.60 Å². The molecule has 3 aromatic rings. The first-order valence-electron chi connectivity index (χ1n) is 13.0. The molecule has 0 fully saturated rings. The maximum atomic E-state index is 13.0. The monoisotopic (exact) mass is 590 g/mol. The van der Waals surface area contributed by atoms with Crippen molar-refractivity contribution in [3.05, 3.63) is 82.9 Å². The number of ether oxygens (including phenoxy) is 4. The van der Waals surface area contributed by atoms with Crippen LogP contribution in [0.15, 0.2) is 60.7 Å². The van der Waals surface area contributed by atoms with Gasteiger partial charge in [-0.25, -0.2) is 4.79 Å². The van der Waals surface area contributed by atoms with E-state index in [9.17, 15) is 24.0 Å². The van der Waals surface area contributed by atoms with E-state index in [1.807, 2.05) is 0 Å². The highest BCUT2D eigenvalue weighted by Gasteiger charge is 2.53. The molecule has 0 aromatic heterocycles. The van der Waals surface area contributed by atoms with Gasteiger partial charge in [-0.2, -0.15) is 0 Å². The third-order valence-corrected chi connectivity index (χ3v) is 6.73. The predicted molar refractivity (Wildman–Crippen MR) is 146 cm³/mol. The van der Waals surface area contributed by atoms with Crippen molar-refractivity contribution in [2.75, 3.05) is 40.3 Å². The van der Waals surface area contributed by atoms with Crippen LogP contribution in [-0.2, 0) is 29.5 Å². The van der Waals surface area contributed by atoms with Gasteiger partial charge >= 0.3 is 29.8 Å². The molecule has 0 unspecified atom stereocenters. The number of hydrogen-bond donors (Lipinski definition) is 2. The summed E-state index contributed by atoms with van der Waals surface area (Å²) in [5, 5.41) is 17.9. The number of rotatable bonds is 10. The van der Waals surface area contributed by atoms with Crippen molar-refractivity contribution in [3.63, 3.8) is 0 Å². The molecule has 2 N–H and O–H groups in total. The molecule has 222 valence electrons. The third-order valence-electron chi connectivity index (χ3n) is 6.73. The number of benzene rings is 3. The molecule has 0 amide bonds. The summed E-state index contributed by atoms with van der Waals surface area (Å²) in [5.41, 5.74) is 0.411. The standard InChI is InChI=1S/C30H26N2O11/c1-31(13-25(33)34)15-27(37)40-17-7-9-21-23(11-17)42-24-12-18(41-28(38)16-32(2)14-26(35)36)8-10-22(24)30(21)20-6-4-3-5-19(20)29(39)43-30/h3-12H,13-16H2,1-2H3,(H,33,34)(H,35,36). The van der Waals surface area contributed by atoms with Gasteiger partial charge < -0.3 is 29.2 Å². The number of hydrogen-bond acceptors (Lipinski definition) is 11. The molecule has 43 heavy (non-hydrogen) atoms. The van der Waals surface area contributed by atoms with Gasteiger partial charge in [-0.1, -0.05) is 18.2 Å². The van der Waals surface area contributed by atoms with Crippen LogP contribution in [0, 0.1) is 0 Å². The van der Waals surface area contributed by atoms with E-state index < -0.39 is 35.4 Å². The average molecular weight is 591 g/mol. The van der Waals surface area contributed by atoms with E-state index in [2.05, 4.69) is 0 Å². The normalized spacial score (nSPS) is 13.9. The van der Waals surface area contributed by atoms with Crippen LogP contribution in [0.1, 0.15) is 27.0 Å². The quantitative estimate of drug-likeness (QED) is 0.260. The van der Waals surface area contributed by atoms with Crippen molar-refractivity contribution in [1.82, 2.24) is 9.80 Å². The Kier molecular flexibility index (Phi) is 7.85. The molecule has 2 heterocycles. The summed E-state index contributed by atoms with van der Waals surface area (Å²) in [6, 6.07) is 16.1. The van der Waals surface area contributed by atoms with E-state index in [1.54, 1.807) is 36.4 Å². The Morgan fingerprint density at radius 3 is 1.70 bits per heavy atom. The van der Waals surface area contributed by atoms with E-state index in [-0.39, 0.29) is 49.2 Å². The van der Waals surface area contributed by atoms with Gasteiger partial charge in [0.05, 0.1) is 31.7 Å². The summed E-state index contributed by atoms with van der Waals surface area (Å²) in [6.45, 7) is -1.26. The smallest absolute Gasteiger partial charge is 0.340 e. The summed E-state index contributed by atoms with van der Waals surface area (Å²) in [5.74, 6) is -3.53. The highest BCUT2D eigenvalue weighted by atomic mass is 16.6. The van der Waals surface area contributed by atoms with E-state index in [4.69, 9.17) is 29.2 Å². The fraction of sp³-hybridized carbons (Fsp3) is 0.233. The zero-order valence-electron chi connectivity index (χ0n) is 23.1. The second kappa shape index (κ2) is 11.5. The van der Waals surface area contributed by atoms with Crippen LogP contribution >= 0.6 is 0 Å². The minimum Gasteiger partial charge on any atom is -0.480 e. The average Bonchev–Trinajstić information content (AvgIpc) is 3.20. The highest BCUT2D eigenvalue weighted by Crippen LogP contribution is 2.57. The van der Waals surface area contributed by atoms with Gasteiger partial charge in [-0.3, -0.25) is 29.0 Å². The molecule has 5 rings (SSSR count). The lowest BCUT2D eigenvalue weighted by molar-refractivity contribution is -0.141. The van der Waals surface area contributed by atoms with Crippen LogP contribution in [0.2, 0.25) is 0 Å². The molecule has 0 aliphatic carbocycles. The van der Waals surface area contributed by atoms with Gasteiger partial charge in [-0.05, 0) is 44.4 Å². The van der Waals surface area contributed by atoms with Gasteiger partial charge in [0, 0.05) is 28.8 Å². The molecule has 3 aromatic carbocycles. The van der Waals surface area contributed by atoms with Crippen LogP contribution in [0.3, 0.4) is 0 Å². The fourth-order valence-corrected chi connectivity index (χ4v) is 5.11. The van der Waals surface area contributed by atoms with Crippen LogP contribution in [-0.4, -0.2) is 90.1 Å². The Bertz CT molecular complexity index is 1560. The van der Waals surface area contributed by atoms with Crippen LogP contribution in [0.25, 0.3) is 0 Å². The number of carbonyl (C=O) groups is 5. The molecule has 0 radical (unpaired) electrons. The minimum atomic E-state index is -1.43. The Morgan fingerprint density at radius 2 is 1.21 bits per heavy atom. The van der Waals surface area contributed by atoms with Crippen molar-refractivity contribution in [1.29, 1.82) is 0 Å². The maximum absolute atomic E-state index is 13.0. The summed E-state index contributed by atoms with van der Waals surface area (Å²) >= 11 is 0. The van der Waals surface area contributed by atoms with Crippen molar-refractivity contribution in [2.24, 2.45) is 0 Å². The zero-order valence-corrected chi connectivity index (χ0v) is 23.1. The first kappa shape index (κ1) is 29.2. The summed E-state index contributed by atoms with van der Waals surface area (Å²) in [6.07, 6.45) is 0. The third kappa shape index (κ3) is 5.89. The van der Waals surface area contributed by atoms with Crippen molar-refractivity contribution in [3.8, 4) is 23.0 Å². The molecule has 1 spiro atoms. The fourth-order valence-electron chi connectivity index (χ4n) is 5.11. The number of esters is 3. The largest absolute Gasteiger partial charge is 0.480 e. The van der Waals surface area contributed by atoms with Gasteiger partial charge in [0.25, 0.3) is 0 Å². The number of fused-ring (bicyclic) bond motifs is 6. The molecular weight excluding hydrogens is 564 g/mol. The Balaban J connectivity index is 1.49. The summed E-state index contributed by atoms with van der Waals surface area (Å²) in [7, 11) is 2.93. The molecule has 13 heteroatoms. The van der Waals surface area contributed by atoms with Gasteiger partial charge in [0.1, 0.15) is 23.0 Å². The molecule has 0 atom stereocenters. The van der Waals surface area contributed by atoms with E-state index >= 15 is 0 Å². The second-order valence-electron chi connectivity index (χ2n) is 10.1. The van der Waals surface area contributed by atoms with Gasteiger partial charge in [0.2, 0.25) is 0 Å². The van der Waals surface area contributed by atoms with Crippen LogP contribution in [0.4, 0.5) is 0 Å². The lowest BCUT2D eigenvalue weighted by Crippen LogP contribution is -2.34. The van der Waals surface area contributed by atoms with Crippen molar-refractivity contribution in [2.45, 2.75) is 5.60 Å². The topological polar surface area (TPSA) is 169 Å². The molecule has 13 nitrogen and oxygen atoms in total. The molecule has 0 saturated heterocycles. The molecular formula is C30H26N2O11. The number of likely N-dealkylation sites (N-methyl/N-ethyl adjacent to an activating group) is 2. The number of carboxylic acid groups (broad SMARTS) is 2. The van der Waals surface area contributed by atoms with Gasteiger partial charge in [-0.15, -0.1) is 0 Å².